The SMILES string of the molecule is Cn1nc(C(F)F)cc1C(=O)NC1CCC(n2cc(-c3ccncn3)cn2)CC1. The summed E-state index contributed by atoms with van der Waals surface area (Å²) in [4.78, 5) is 20.6. The molecular formula is C19H21F2N7O. The minimum Gasteiger partial charge on any atom is -0.348 e. The Morgan fingerprint density at radius 3 is 2.72 bits per heavy atom. The fourth-order valence-electron chi connectivity index (χ4n) is 3.68. The highest BCUT2D eigenvalue weighted by Gasteiger charge is 2.26. The van der Waals surface area contributed by atoms with Gasteiger partial charge in [0.05, 0.1) is 17.9 Å². The van der Waals surface area contributed by atoms with Crippen molar-refractivity contribution in [3.63, 3.8) is 0 Å². The van der Waals surface area contributed by atoms with Gasteiger partial charge in [0.25, 0.3) is 12.3 Å². The van der Waals surface area contributed by atoms with E-state index in [4.69, 9.17) is 0 Å². The van der Waals surface area contributed by atoms with Crippen molar-refractivity contribution in [1.29, 1.82) is 0 Å². The molecule has 0 bridgehead atoms. The van der Waals surface area contributed by atoms with Crippen LogP contribution in [0.3, 0.4) is 0 Å². The largest absolute Gasteiger partial charge is 0.348 e. The lowest BCUT2D eigenvalue weighted by Crippen LogP contribution is -2.38. The van der Waals surface area contributed by atoms with Crippen molar-refractivity contribution in [3.05, 3.63) is 48.4 Å². The van der Waals surface area contributed by atoms with E-state index >= 15 is 0 Å². The molecule has 0 aliphatic heterocycles. The zero-order valence-electron chi connectivity index (χ0n) is 15.9. The van der Waals surface area contributed by atoms with E-state index in [-0.39, 0.29) is 29.4 Å². The molecule has 0 atom stereocenters. The van der Waals surface area contributed by atoms with E-state index in [1.807, 2.05) is 16.9 Å². The first kappa shape index (κ1) is 19.2. The van der Waals surface area contributed by atoms with Crippen LogP contribution in [0.25, 0.3) is 11.3 Å². The van der Waals surface area contributed by atoms with Crippen molar-refractivity contribution in [2.75, 3.05) is 0 Å². The van der Waals surface area contributed by atoms with Crippen molar-refractivity contribution < 1.29 is 13.6 Å². The summed E-state index contributed by atoms with van der Waals surface area (Å²) in [5.41, 5.74) is 1.52. The Balaban J connectivity index is 1.34. The Morgan fingerprint density at radius 2 is 2.07 bits per heavy atom. The van der Waals surface area contributed by atoms with E-state index in [2.05, 4.69) is 25.5 Å². The standard InChI is InChI=1S/C19H21F2N7O/c1-27-17(8-16(26-27)18(20)21)19(29)25-13-2-4-14(5-3-13)28-10-12(9-24-28)15-6-7-22-11-23-15/h6-11,13-14,18H,2-5H2,1H3,(H,25,29). The maximum atomic E-state index is 12.8. The normalized spacial score (nSPS) is 19.4. The summed E-state index contributed by atoms with van der Waals surface area (Å²) in [6.07, 6.45) is 7.59. The molecule has 152 valence electrons. The molecule has 0 aromatic carbocycles. The highest BCUT2D eigenvalue weighted by Crippen LogP contribution is 2.29. The van der Waals surface area contributed by atoms with Crippen LogP contribution in [-0.2, 0) is 7.05 Å². The highest BCUT2D eigenvalue weighted by molar-refractivity contribution is 5.92. The maximum absolute atomic E-state index is 12.8. The summed E-state index contributed by atoms with van der Waals surface area (Å²) in [7, 11) is 1.49. The molecular weight excluding hydrogens is 380 g/mol. The topological polar surface area (TPSA) is 90.5 Å². The summed E-state index contributed by atoms with van der Waals surface area (Å²) in [5.74, 6) is -0.375. The Bertz CT molecular complexity index is 978. The monoisotopic (exact) mass is 401 g/mol. The average molecular weight is 401 g/mol. The number of alkyl halides is 2. The molecule has 1 fully saturated rings. The number of amides is 1. The molecule has 1 N–H and O–H groups in total. The molecule has 0 radical (unpaired) electrons. The molecule has 29 heavy (non-hydrogen) atoms. The smallest absolute Gasteiger partial charge is 0.282 e. The van der Waals surface area contributed by atoms with Crippen LogP contribution in [0.4, 0.5) is 8.78 Å². The Hall–Kier alpha value is -3.17. The fraction of sp³-hybridized carbons (Fsp3) is 0.421. The quantitative estimate of drug-likeness (QED) is 0.710. The third-order valence-electron chi connectivity index (χ3n) is 5.24. The first-order valence-corrected chi connectivity index (χ1v) is 9.44. The molecule has 1 aliphatic carbocycles. The van der Waals surface area contributed by atoms with Crippen LogP contribution in [-0.4, -0.2) is 41.5 Å². The van der Waals surface area contributed by atoms with Gasteiger partial charge in [-0.3, -0.25) is 14.2 Å². The Kier molecular flexibility index (Phi) is 5.32. The molecule has 1 aliphatic rings. The number of rotatable bonds is 5. The number of nitrogens with one attached hydrogen (secondary N) is 1. The molecule has 0 unspecified atom stereocenters. The van der Waals surface area contributed by atoms with E-state index in [1.54, 1.807) is 12.4 Å². The summed E-state index contributed by atoms with van der Waals surface area (Å²) >= 11 is 0. The van der Waals surface area contributed by atoms with Crippen molar-refractivity contribution in [3.8, 4) is 11.3 Å². The first-order chi connectivity index (χ1) is 14.0. The fourth-order valence-corrected chi connectivity index (χ4v) is 3.68. The minimum atomic E-state index is -2.69. The third kappa shape index (κ3) is 4.15. The van der Waals surface area contributed by atoms with Crippen LogP contribution >= 0.6 is 0 Å². The number of halogens is 2. The molecule has 1 amide bonds. The van der Waals surface area contributed by atoms with Crippen LogP contribution in [0, 0.1) is 0 Å². The first-order valence-electron chi connectivity index (χ1n) is 9.44. The summed E-state index contributed by atoms with van der Waals surface area (Å²) in [6, 6.07) is 3.23. The van der Waals surface area contributed by atoms with Gasteiger partial charge in [0.1, 0.15) is 17.7 Å². The van der Waals surface area contributed by atoms with Gasteiger partial charge in [-0.05, 0) is 37.8 Å². The second kappa shape index (κ2) is 8.06. The minimum absolute atomic E-state index is 0.000507. The number of nitrogens with zero attached hydrogens (tertiary/aromatic N) is 6. The predicted octanol–water partition coefficient (Wildman–Crippen LogP) is 2.92. The van der Waals surface area contributed by atoms with Gasteiger partial charge < -0.3 is 5.32 Å². The highest BCUT2D eigenvalue weighted by atomic mass is 19.3. The second-order valence-corrected chi connectivity index (χ2v) is 7.16. The number of carbonyl (C=O) groups is 1. The van der Waals surface area contributed by atoms with Crippen LogP contribution in [0.15, 0.2) is 37.1 Å². The van der Waals surface area contributed by atoms with E-state index in [9.17, 15) is 13.6 Å². The lowest BCUT2D eigenvalue weighted by atomic mass is 9.91. The van der Waals surface area contributed by atoms with Gasteiger partial charge in [0.2, 0.25) is 0 Å². The summed E-state index contributed by atoms with van der Waals surface area (Å²) in [6.45, 7) is 0. The molecule has 3 heterocycles. The van der Waals surface area contributed by atoms with E-state index < -0.39 is 6.43 Å². The molecule has 3 aromatic heterocycles. The number of hydrogen-bond acceptors (Lipinski definition) is 5. The lowest BCUT2D eigenvalue weighted by Gasteiger charge is -2.29. The van der Waals surface area contributed by atoms with Crippen LogP contribution in [0.5, 0.6) is 0 Å². The van der Waals surface area contributed by atoms with Gasteiger partial charge in [0, 0.05) is 31.0 Å². The van der Waals surface area contributed by atoms with Gasteiger partial charge in [-0.2, -0.15) is 10.2 Å². The lowest BCUT2D eigenvalue weighted by molar-refractivity contribution is 0.0912. The molecule has 4 rings (SSSR count). The second-order valence-electron chi connectivity index (χ2n) is 7.16. The number of hydrogen-bond donors (Lipinski definition) is 1. The molecule has 8 nitrogen and oxygen atoms in total. The van der Waals surface area contributed by atoms with Gasteiger partial charge in [-0.1, -0.05) is 0 Å². The molecule has 1 saturated carbocycles. The number of carbonyl (C=O) groups excluding carboxylic acids is 1. The van der Waals surface area contributed by atoms with E-state index in [0.717, 1.165) is 43.0 Å². The Labute approximate surface area is 166 Å². The number of aryl methyl sites for hydroxylation is 1. The zero-order chi connectivity index (χ0) is 20.4. The molecule has 10 heteroatoms. The third-order valence-corrected chi connectivity index (χ3v) is 5.24. The van der Waals surface area contributed by atoms with Crippen molar-refractivity contribution in [1.82, 2.24) is 34.8 Å². The summed E-state index contributed by atoms with van der Waals surface area (Å²) < 4.78 is 28.7. The van der Waals surface area contributed by atoms with Gasteiger partial charge >= 0.3 is 0 Å². The van der Waals surface area contributed by atoms with Crippen molar-refractivity contribution >= 4 is 5.91 Å². The molecule has 0 saturated heterocycles. The molecule has 3 aromatic rings. The van der Waals surface area contributed by atoms with Crippen LogP contribution in [0.1, 0.15) is 54.3 Å². The summed E-state index contributed by atoms with van der Waals surface area (Å²) in [5, 5.41) is 11.1. The van der Waals surface area contributed by atoms with E-state index in [1.165, 1.54) is 18.1 Å². The van der Waals surface area contributed by atoms with Crippen molar-refractivity contribution in [2.24, 2.45) is 7.05 Å². The van der Waals surface area contributed by atoms with Gasteiger partial charge in [0.15, 0.2) is 0 Å². The zero-order valence-corrected chi connectivity index (χ0v) is 15.9. The van der Waals surface area contributed by atoms with Gasteiger partial charge in [-0.15, -0.1) is 0 Å². The van der Waals surface area contributed by atoms with E-state index in [0.29, 0.717) is 0 Å². The molecule has 0 spiro atoms. The van der Waals surface area contributed by atoms with Gasteiger partial charge in [-0.25, -0.2) is 18.7 Å². The number of aromatic nitrogens is 6. The van der Waals surface area contributed by atoms with Crippen LogP contribution in [0.2, 0.25) is 0 Å². The van der Waals surface area contributed by atoms with Crippen molar-refractivity contribution in [2.45, 2.75) is 44.2 Å². The Morgan fingerprint density at radius 1 is 1.28 bits per heavy atom. The predicted molar refractivity (Wildman–Crippen MR) is 100 cm³/mol. The maximum Gasteiger partial charge on any atom is 0.282 e. The van der Waals surface area contributed by atoms with Crippen LogP contribution < -0.4 is 5.32 Å². The average Bonchev–Trinajstić information content (AvgIpc) is 3.36.